The summed E-state index contributed by atoms with van der Waals surface area (Å²) in [5.74, 6) is -0.424. The molecule has 2 aromatic rings. The third-order valence-electron chi connectivity index (χ3n) is 3.23. The fourth-order valence-corrected chi connectivity index (χ4v) is 2.28. The number of ether oxygens (including phenoxy) is 1. The first-order valence-electron chi connectivity index (χ1n) is 7.68. The van der Waals surface area contributed by atoms with Crippen molar-refractivity contribution in [2.75, 3.05) is 18.5 Å². The average Bonchev–Trinajstić information content (AvgIpc) is 2.58. The Balaban J connectivity index is 1.86. The van der Waals surface area contributed by atoms with Crippen LogP contribution in [0.3, 0.4) is 0 Å². The first kappa shape index (κ1) is 20.5. The molecule has 0 spiro atoms. The van der Waals surface area contributed by atoms with Crippen LogP contribution < -0.4 is 15.4 Å². The fraction of sp³-hybridized carbons (Fsp3) is 0.235. The summed E-state index contributed by atoms with van der Waals surface area (Å²) in [6.07, 6.45) is -3.12. The van der Waals surface area contributed by atoms with Crippen molar-refractivity contribution >= 4 is 29.2 Å². The van der Waals surface area contributed by atoms with Gasteiger partial charge in [-0.3, -0.25) is 9.59 Å². The normalized spacial score (nSPS) is 11.0. The van der Waals surface area contributed by atoms with Gasteiger partial charge in [0.2, 0.25) is 5.91 Å². The number of nitrogens with zero attached hydrogens (tertiary/aromatic N) is 1. The predicted molar refractivity (Wildman–Crippen MR) is 92.8 cm³/mol. The molecule has 0 aliphatic carbocycles. The maximum Gasteiger partial charge on any atom is 0.416 e. The van der Waals surface area contributed by atoms with E-state index in [1.165, 1.54) is 25.3 Å². The molecule has 144 valence electrons. The van der Waals surface area contributed by atoms with E-state index in [0.717, 1.165) is 18.2 Å². The van der Waals surface area contributed by atoms with Gasteiger partial charge in [-0.25, -0.2) is 4.98 Å². The number of alkyl halides is 3. The van der Waals surface area contributed by atoms with E-state index in [1.807, 2.05) is 0 Å². The van der Waals surface area contributed by atoms with E-state index < -0.39 is 17.6 Å². The van der Waals surface area contributed by atoms with Gasteiger partial charge in [-0.05, 0) is 30.3 Å². The topological polar surface area (TPSA) is 80.3 Å². The lowest BCUT2D eigenvalue weighted by molar-refractivity contribution is -0.137. The molecular weight excluding hydrogens is 387 g/mol. The van der Waals surface area contributed by atoms with Crippen LogP contribution in [-0.4, -0.2) is 29.9 Å². The Morgan fingerprint density at radius 1 is 1.22 bits per heavy atom. The maximum atomic E-state index is 12.6. The van der Waals surface area contributed by atoms with Gasteiger partial charge < -0.3 is 15.4 Å². The molecule has 0 unspecified atom stereocenters. The van der Waals surface area contributed by atoms with Crippen molar-refractivity contribution < 1.29 is 27.5 Å². The quantitative estimate of drug-likeness (QED) is 0.726. The van der Waals surface area contributed by atoms with Gasteiger partial charge in [-0.15, -0.1) is 0 Å². The molecule has 0 aliphatic heterocycles. The molecule has 27 heavy (non-hydrogen) atoms. The monoisotopic (exact) mass is 401 g/mol. The lowest BCUT2D eigenvalue weighted by atomic mass is 10.2. The standard InChI is InChI=1S/C17H15ClF3N3O3/c1-10(25)24-15-8-11(4-5-22-15)16(26)23-6-7-27-14-3-2-12(9-13(14)18)17(19,20)21/h2-5,8-9H,6-7H2,1H3,(H,23,26)(H,22,24,25). The van der Waals surface area contributed by atoms with Crippen LogP contribution in [0.1, 0.15) is 22.8 Å². The summed E-state index contributed by atoms with van der Waals surface area (Å²) in [5.41, 5.74) is -0.595. The number of pyridine rings is 1. The van der Waals surface area contributed by atoms with Crippen LogP contribution in [0.25, 0.3) is 0 Å². The van der Waals surface area contributed by atoms with Gasteiger partial charge in [0, 0.05) is 18.7 Å². The highest BCUT2D eigenvalue weighted by Crippen LogP contribution is 2.34. The molecule has 0 saturated carbocycles. The number of carbonyl (C=O) groups is 2. The first-order chi connectivity index (χ1) is 12.7. The third-order valence-corrected chi connectivity index (χ3v) is 3.53. The van der Waals surface area contributed by atoms with Crippen molar-refractivity contribution in [3.05, 3.63) is 52.7 Å². The minimum Gasteiger partial charge on any atom is -0.490 e. The van der Waals surface area contributed by atoms with E-state index in [9.17, 15) is 22.8 Å². The molecule has 0 bridgehead atoms. The number of aromatic nitrogens is 1. The van der Waals surface area contributed by atoms with Gasteiger partial charge in [0.15, 0.2) is 0 Å². The van der Waals surface area contributed by atoms with Gasteiger partial charge in [0.05, 0.1) is 17.1 Å². The number of halogens is 4. The summed E-state index contributed by atoms with van der Waals surface area (Å²) in [4.78, 5) is 27.0. The minimum absolute atomic E-state index is 0.000458. The number of hydrogen-bond donors (Lipinski definition) is 2. The zero-order chi connectivity index (χ0) is 20.0. The minimum atomic E-state index is -4.49. The van der Waals surface area contributed by atoms with Gasteiger partial charge in [-0.1, -0.05) is 11.6 Å². The van der Waals surface area contributed by atoms with Crippen molar-refractivity contribution in [3.8, 4) is 5.75 Å². The molecule has 2 N–H and O–H groups in total. The highest BCUT2D eigenvalue weighted by atomic mass is 35.5. The van der Waals surface area contributed by atoms with Crippen molar-refractivity contribution in [2.45, 2.75) is 13.1 Å². The Morgan fingerprint density at radius 2 is 1.96 bits per heavy atom. The zero-order valence-electron chi connectivity index (χ0n) is 14.1. The second kappa shape index (κ2) is 8.72. The number of amides is 2. The summed E-state index contributed by atoms with van der Waals surface area (Å²) in [7, 11) is 0. The van der Waals surface area contributed by atoms with Gasteiger partial charge in [0.1, 0.15) is 18.2 Å². The van der Waals surface area contributed by atoms with Crippen molar-refractivity contribution in [1.82, 2.24) is 10.3 Å². The second-order valence-corrected chi connectivity index (χ2v) is 5.77. The van der Waals surface area contributed by atoms with Gasteiger partial charge in [0.25, 0.3) is 5.91 Å². The fourth-order valence-electron chi connectivity index (χ4n) is 2.04. The predicted octanol–water partition coefficient (Wildman–Crippen LogP) is 3.52. The molecule has 1 aromatic heterocycles. The van der Waals surface area contributed by atoms with Crippen LogP contribution in [0, 0.1) is 0 Å². The Morgan fingerprint density at radius 3 is 2.59 bits per heavy atom. The van der Waals surface area contributed by atoms with Crippen molar-refractivity contribution in [3.63, 3.8) is 0 Å². The molecule has 1 aromatic carbocycles. The molecule has 0 saturated heterocycles. The van der Waals surface area contributed by atoms with E-state index in [2.05, 4.69) is 15.6 Å². The lowest BCUT2D eigenvalue weighted by Crippen LogP contribution is -2.28. The number of anilines is 1. The molecule has 0 atom stereocenters. The molecule has 0 aliphatic rings. The SMILES string of the molecule is CC(=O)Nc1cc(C(=O)NCCOc2ccc(C(F)(F)F)cc2Cl)ccn1. The summed E-state index contributed by atoms with van der Waals surface area (Å²) in [6.45, 7) is 1.41. The summed E-state index contributed by atoms with van der Waals surface area (Å²) in [5, 5.41) is 4.86. The Kier molecular flexibility index (Phi) is 6.62. The average molecular weight is 402 g/mol. The summed E-state index contributed by atoms with van der Waals surface area (Å²) >= 11 is 5.78. The van der Waals surface area contributed by atoms with Crippen LogP contribution >= 0.6 is 11.6 Å². The van der Waals surface area contributed by atoms with Crippen molar-refractivity contribution in [1.29, 1.82) is 0 Å². The molecular formula is C17H15ClF3N3O3. The number of carbonyl (C=O) groups excluding carboxylic acids is 2. The van der Waals surface area contributed by atoms with E-state index in [-0.39, 0.29) is 41.2 Å². The van der Waals surface area contributed by atoms with Crippen LogP contribution in [0.4, 0.5) is 19.0 Å². The molecule has 0 fully saturated rings. The third kappa shape index (κ3) is 6.14. The van der Waals surface area contributed by atoms with E-state index >= 15 is 0 Å². The molecule has 10 heteroatoms. The summed E-state index contributed by atoms with van der Waals surface area (Å²) in [6, 6.07) is 5.63. The van der Waals surface area contributed by atoms with E-state index in [0.29, 0.717) is 0 Å². The Labute approximate surface area is 157 Å². The molecule has 1 heterocycles. The highest BCUT2D eigenvalue weighted by Gasteiger charge is 2.31. The van der Waals surface area contributed by atoms with Crippen LogP contribution in [-0.2, 0) is 11.0 Å². The molecule has 6 nitrogen and oxygen atoms in total. The Hall–Kier alpha value is -2.81. The number of benzene rings is 1. The Bertz CT molecular complexity index is 844. The summed E-state index contributed by atoms with van der Waals surface area (Å²) < 4.78 is 43.0. The number of nitrogens with one attached hydrogen (secondary N) is 2. The maximum absolute atomic E-state index is 12.6. The van der Waals surface area contributed by atoms with Crippen LogP contribution in [0.15, 0.2) is 36.5 Å². The van der Waals surface area contributed by atoms with Gasteiger partial charge >= 0.3 is 6.18 Å². The number of rotatable bonds is 6. The molecule has 2 amide bonds. The zero-order valence-corrected chi connectivity index (χ0v) is 14.8. The smallest absolute Gasteiger partial charge is 0.416 e. The van der Waals surface area contributed by atoms with Crippen molar-refractivity contribution in [2.24, 2.45) is 0 Å². The lowest BCUT2D eigenvalue weighted by Gasteiger charge is -2.12. The number of hydrogen-bond acceptors (Lipinski definition) is 4. The van der Waals surface area contributed by atoms with Crippen LogP contribution in [0.2, 0.25) is 5.02 Å². The highest BCUT2D eigenvalue weighted by molar-refractivity contribution is 6.32. The molecule has 2 rings (SSSR count). The van der Waals surface area contributed by atoms with Crippen LogP contribution in [0.5, 0.6) is 5.75 Å². The largest absolute Gasteiger partial charge is 0.490 e. The second-order valence-electron chi connectivity index (χ2n) is 5.36. The first-order valence-corrected chi connectivity index (χ1v) is 8.06. The van der Waals surface area contributed by atoms with E-state index in [4.69, 9.17) is 16.3 Å². The molecule has 0 radical (unpaired) electrons. The van der Waals surface area contributed by atoms with Gasteiger partial charge in [-0.2, -0.15) is 13.2 Å². The van der Waals surface area contributed by atoms with E-state index in [1.54, 1.807) is 0 Å².